The van der Waals surface area contributed by atoms with E-state index in [1.165, 1.54) is 0 Å². The van der Waals surface area contributed by atoms with Crippen molar-refractivity contribution < 1.29 is 0 Å². The van der Waals surface area contributed by atoms with Crippen LogP contribution in [0.25, 0.3) is 0 Å². The maximum Gasteiger partial charge on any atom is 0.0107 e. The van der Waals surface area contributed by atoms with Gasteiger partial charge in [-0.25, -0.2) is 0 Å². The van der Waals surface area contributed by atoms with Gasteiger partial charge in [-0.15, -0.1) is 0 Å². The first kappa shape index (κ1) is 19.4. The van der Waals surface area contributed by atoms with E-state index < -0.39 is 0 Å². The van der Waals surface area contributed by atoms with E-state index in [2.05, 4.69) is 81.0 Å². The van der Waals surface area contributed by atoms with Gasteiger partial charge < -0.3 is 0 Å². The van der Waals surface area contributed by atoms with Crippen LogP contribution in [0, 0.1) is 47.3 Å². The van der Waals surface area contributed by atoms with Gasteiger partial charge in [-0.1, -0.05) is 69.2 Å². The van der Waals surface area contributed by atoms with Gasteiger partial charge in [0.05, 0.1) is 0 Å². The second-order valence-electron chi connectivity index (χ2n) is 9.02. The van der Waals surface area contributed by atoms with E-state index in [9.17, 15) is 0 Å². The maximum absolute atomic E-state index is 2.47. The average molecular weight is 313 g/mol. The fourth-order valence-corrected chi connectivity index (χ4v) is 7.14. The summed E-state index contributed by atoms with van der Waals surface area (Å²) >= 11 is 2.34. The minimum Gasteiger partial charge on any atom is -0.154 e. The van der Waals surface area contributed by atoms with E-state index in [1.807, 2.05) is 0 Å². The molecule has 0 aromatic carbocycles. The summed E-state index contributed by atoms with van der Waals surface area (Å²) < 4.78 is 0. The summed E-state index contributed by atoms with van der Waals surface area (Å²) in [6, 6.07) is 0. The van der Waals surface area contributed by atoms with Crippen molar-refractivity contribution in [2.24, 2.45) is 47.3 Å². The van der Waals surface area contributed by atoms with Gasteiger partial charge in [0.2, 0.25) is 0 Å². The lowest BCUT2D eigenvalue weighted by Crippen LogP contribution is -2.51. The third kappa shape index (κ3) is 4.21. The molecule has 1 heteroatoms. The molecule has 126 valence electrons. The molecule has 0 aliphatic carbocycles. The molecular weight excluding hydrogens is 272 g/mol. The molecule has 1 rings (SSSR count). The minimum absolute atomic E-state index is 0.790. The Morgan fingerprint density at radius 2 is 0.714 bits per heavy atom. The highest BCUT2D eigenvalue weighted by Gasteiger charge is 2.49. The standard InChI is InChI=1S/C20H40S/c1-11(2)16-17(12(3)4)19(14(7)8)21-20(15(9)10)18(16)13(5)6/h11-20H,1-10H3. The van der Waals surface area contributed by atoms with Crippen LogP contribution in [0.4, 0.5) is 0 Å². The van der Waals surface area contributed by atoms with Crippen molar-refractivity contribution in [1.29, 1.82) is 0 Å². The molecule has 1 saturated heterocycles. The first-order chi connectivity index (χ1) is 9.59. The smallest absolute Gasteiger partial charge is 0.0107 e. The molecular formula is C20H40S. The summed E-state index contributed by atoms with van der Waals surface area (Å²) in [7, 11) is 0. The van der Waals surface area contributed by atoms with E-state index >= 15 is 0 Å². The third-order valence-corrected chi connectivity index (χ3v) is 7.93. The van der Waals surface area contributed by atoms with Crippen molar-refractivity contribution in [2.75, 3.05) is 0 Å². The lowest BCUT2D eigenvalue weighted by molar-refractivity contribution is 0.0633. The van der Waals surface area contributed by atoms with Crippen LogP contribution in [0.15, 0.2) is 0 Å². The normalized spacial score (nSPS) is 34.7. The average Bonchev–Trinajstić information content (AvgIpc) is 2.34. The van der Waals surface area contributed by atoms with Gasteiger partial charge in [-0.3, -0.25) is 0 Å². The van der Waals surface area contributed by atoms with E-state index in [0.29, 0.717) is 0 Å². The van der Waals surface area contributed by atoms with Gasteiger partial charge in [0.15, 0.2) is 0 Å². The van der Waals surface area contributed by atoms with Gasteiger partial charge in [0.1, 0.15) is 0 Å². The zero-order valence-electron chi connectivity index (χ0n) is 16.2. The van der Waals surface area contributed by atoms with Crippen molar-refractivity contribution in [2.45, 2.75) is 79.7 Å². The number of rotatable bonds is 5. The number of hydrogen-bond donors (Lipinski definition) is 0. The Balaban J connectivity index is 3.28. The highest BCUT2D eigenvalue weighted by molar-refractivity contribution is 8.00. The summed E-state index contributed by atoms with van der Waals surface area (Å²) in [5.41, 5.74) is 0. The predicted molar refractivity (Wildman–Crippen MR) is 99.8 cm³/mol. The third-order valence-electron chi connectivity index (χ3n) is 5.59. The fourth-order valence-electron chi connectivity index (χ4n) is 4.80. The summed E-state index contributed by atoms with van der Waals surface area (Å²) in [6.07, 6.45) is 0. The van der Waals surface area contributed by atoms with Crippen LogP contribution in [-0.2, 0) is 0 Å². The fraction of sp³-hybridized carbons (Fsp3) is 1.00. The van der Waals surface area contributed by atoms with Gasteiger partial charge in [-0.05, 0) is 47.3 Å². The molecule has 4 unspecified atom stereocenters. The van der Waals surface area contributed by atoms with E-state index in [1.54, 1.807) is 0 Å². The van der Waals surface area contributed by atoms with Gasteiger partial charge in [0.25, 0.3) is 0 Å². The van der Waals surface area contributed by atoms with Crippen LogP contribution in [0.1, 0.15) is 69.2 Å². The quantitative estimate of drug-likeness (QED) is 0.551. The highest BCUT2D eigenvalue weighted by Crippen LogP contribution is 2.55. The van der Waals surface area contributed by atoms with Crippen molar-refractivity contribution in [1.82, 2.24) is 0 Å². The van der Waals surface area contributed by atoms with Crippen molar-refractivity contribution in [3.05, 3.63) is 0 Å². The molecule has 21 heavy (non-hydrogen) atoms. The Kier molecular flexibility index (Phi) is 7.16. The van der Waals surface area contributed by atoms with Gasteiger partial charge in [0, 0.05) is 10.5 Å². The number of hydrogen-bond acceptors (Lipinski definition) is 1. The summed E-state index contributed by atoms with van der Waals surface area (Å²) in [5.74, 6) is 6.60. The largest absolute Gasteiger partial charge is 0.154 e. The minimum atomic E-state index is 0.790. The summed E-state index contributed by atoms with van der Waals surface area (Å²) in [4.78, 5) is 0. The van der Waals surface area contributed by atoms with Crippen LogP contribution in [0.2, 0.25) is 0 Å². The molecule has 0 aromatic heterocycles. The Bertz CT molecular complexity index is 277. The van der Waals surface area contributed by atoms with Crippen molar-refractivity contribution >= 4 is 11.8 Å². The second kappa shape index (κ2) is 7.75. The van der Waals surface area contributed by atoms with Crippen LogP contribution in [-0.4, -0.2) is 10.5 Å². The van der Waals surface area contributed by atoms with Crippen LogP contribution >= 0.6 is 11.8 Å². The number of thioether (sulfide) groups is 1. The van der Waals surface area contributed by atoms with E-state index in [0.717, 1.165) is 57.8 Å². The van der Waals surface area contributed by atoms with E-state index in [4.69, 9.17) is 0 Å². The van der Waals surface area contributed by atoms with Gasteiger partial charge >= 0.3 is 0 Å². The molecule has 0 saturated carbocycles. The Hall–Kier alpha value is 0.350. The molecule has 0 spiro atoms. The van der Waals surface area contributed by atoms with Crippen LogP contribution in [0.5, 0.6) is 0 Å². The summed E-state index contributed by atoms with van der Waals surface area (Å²) in [6.45, 7) is 24.6. The molecule has 4 atom stereocenters. The van der Waals surface area contributed by atoms with Crippen molar-refractivity contribution in [3.8, 4) is 0 Å². The van der Waals surface area contributed by atoms with Crippen LogP contribution < -0.4 is 0 Å². The molecule has 0 amide bonds. The molecule has 1 heterocycles. The second-order valence-corrected chi connectivity index (χ2v) is 10.4. The first-order valence-electron chi connectivity index (χ1n) is 9.24. The predicted octanol–water partition coefficient (Wildman–Crippen LogP) is 6.60. The Morgan fingerprint density at radius 1 is 0.429 bits per heavy atom. The summed E-state index contributed by atoms with van der Waals surface area (Å²) in [5, 5.41) is 1.67. The zero-order valence-corrected chi connectivity index (χ0v) is 17.0. The molecule has 0 radical (unpaired) electrons. The molecule has 0 aromatic rings. The lowest BCUT2D eigenvalue weighted by Gasteiger charge is -2.54. The molecule has 0 bridgehead atoms. The first-order valence-corrected chi connectivity index (χ1v) is 10.2. The molecule has 1 aliphatic rings. The van der Waals surface area contributed by atoms with E-state index in [-0.39, 0.29) is 0 Å². The maximum atomic E-state index is 2.47. The molecule has 0 N–H and O–H groups in total. The molecule has 0 nitrogen and oxygen atoms in total. The lowest BCUT2D eigenvalue weighted by atomic mass is 9.62. The van der Waals surface area contributed by atoms with Crippen LogP contribution in [0.3, 0.4) is 0 Å². The Labute approximate surface area is 139 Å². The SMILES string of the molecule is CC(C)C1SC(C(C)C)C(C(C)C)C(C(C)C)C1C(C)C. The highest BCUT2D eigenvalue weighted by atomic mass is 32.2. The topological polar surface area (TPSA) is 0 Å². The van der Waals surface area contributed by atoms with Crippen molar-refractivity contribution in [3.63, 3.8) is 0 Å². The van der Waals surface area contributed by atoms with Gasteiger partial charge in [-0.2, -0.15) is 11.8 Å². The monoisotopic (exact) mass is 312 g/mol. The molecule has 1 aliphatic heterocycles. The zero-order chi connectivity index (χ0) is 16.5. The Morgan fingerprint density at radius 3 is 0.905 bits per heavy atom. The molecule has 1 fully saturated rings.